The maximum Gasteiger partial charge on any atom is 0.270 e. The highest BCUT2D eigenvalue weighted by atomic mass is 32.2. The molecule has 1 amide bonds. The van der Waals surface area contributed by atoms with Gasteiger partial charge in [0.05, 0.1) is 24.6 Å². The Morgan fingerprint density at radius 3 is 2.47 bits per heavy atom. The molecule has 8 heteroatoms. The number of methoxy groups -OCH3 is 1. The van der Waals surface area contributed by atoms with E-state index >= 15 is 0 Å². The van der Waals surface area contributed by atoms with Gasteiger partial charge in [0.15, 0.2) is 5.16 Å². The number of ether oxygens (including phenoxy) is 1. The Balaban J connectivity index is 1.77. The number of hydrogen-bond acceptors (Lipinski definition) is 6. The molecular weight excluding hydrogens is 424 g/mol. The molecule has 0 saturated heterocycles. The van der Waals surface area contributed by atoms with Gasteiger partial charge in [0.2, 0.25) is 5.91 Å². The fraction of sp³-hybridized carbons (Fsp3) is 0.250. The number of H-pyrrole nitrogens is 1. The number of nitrogens with one attached hydrogen (secondary N) is 2. The molecule has 1 aromatic heterocycles. The lowest BCUT2D eigenvalue weighted by Crippen LogP contribution is -2.33. The van der Waals surface area contributed by atoms with Gasteiger partial charge in [-0.15, -0.1) is 0 Å². The highest BCUT2D eigenvalue weighted by Gasteiger charge is 2.19. The lowest BCUT2D eigenvalue weighted by Gasteiger charge is -2.22. The van der Waals surface area contributed by atoms with Crippen LogP contribution in [0.2, 0.25) is 0 Å². The Morgan fingerprint density at radius 1 is 1.19 bits per heavy atom. The number of thioether (sulfide) groups is 1. The zero-order valence-corrected chi connectivity index (χ0v) is 18.9. The lowest BCUT2D eigenvalue weighted by molar-refractivity contribution is -0.119. The average molecular weight is 449 g/mol. The van der Waals surface area contributed by atoms with Crippen LogP contribution in [0.5, 0.6) is 5.75 Å². The maximum atomic E-state index is 12.6. The molecule has 1 atom stereocenters. The lowest BCUT2D eigenvalue weighted by atomic mass is 9.96. The normalized spacial score (nSPS) is 11.6. The summed E-state index contributed by atoms with van der Waals surface area (Å²) in [5.74, 6) is 0.769. The van der Waals surface area contributed by atoms with Crippen LogP contribution < -0.4 is 15.6 Å². The molecule has 0 aliphatic carbocycles. The summed E-state index contributed by atoms with van der Waals surface area (Å²) in [6, 6.07) is 18.5. The summed E-state index contributed by atoms with van der Waals surface area (Å²) in [7, 11) is 1.56. The predicted molar refractivity (Wildman–Crippen MR) is 124 cm³/mol. The zero-order chi connectivity index (χ0) is 23.1. The molecule has 3 rings (SSSR count). The first-order valence-electron chi connectivity index (χ1n) is 10.1. The second kappa shape index (κ2) is 10.6. The molecule has 164 valence electrons. The number of carbonyl (C=O) groups is 1. The summed E-state index contributed by atoms with van der Waals surface area (Å²) in [6.07, 6.45) is 0. The molecule has 3 aromatic rings. The van der Waals surface area contributed by atoms with E-state index in [2.05, 4.69) is 15.3 Å². The van der Waals surface area contributed by atoms with Crippen LogP contribution in [-0.2, 0) is 4.79 Å². The summed E-state index contributed by atoms with van der Waals surface area (Å²) in [5, 5.41) is 12.8. The standard InChI is InChI=1S/C24H24N4O3S/c1-15(2)21(16-7-5-4-6-8-16)26-20(29)14-32-24-27-22(19(13-25)23(30)28-24)17-9-11-18(31-3)12-10-17/h4-12,15,21H,14H2,1-3H3,(H,26,29)(H,27,28,30). The van der Waals surface area contributed by atoms with Crippen molar-refractivity contribution >= 4 is 17.7 Å². The van der Waals surface area contributed by atoms with E-state index in [1.165, 1.54) is 0 Å². The van der Waals surface area contributed by atoms with Crippen LogP contribution in [-0.4, -0.2) is 28.7 Å². The van der Waals surface area contributed by atoms with Gasteiger partial charge >= 0.3 is 0 Å². The van der Waals surface area contributed by atoms with Crippen molar-refractivity contribution in [2.75, 3.05) is 12.9 Å². The predicted octanol–water partition coefficient (Wildman–Crippen LogP) is 3.92. The number of amides is 1. The van der Waals surface area contributed by atoms with Crippen LogP contribution in [0, 0.1) is 17.2 Å². The van der Waals surface area contributed by atoms with E-state index < -0.39 is 5.56 Å². The van der Waals surface area contributed by atoms with Crippen molar-refractivity contribution in [2.24, 2.45) is 5.92 Å². The summed E-state index contributed by atoms with van der Waals surface area (Å²) in [4.78, 5) is 32.1. The topological polar surface area (TPSA) is 108 Å². The van der Waals surface area contributed by atoms with Gasteiger partial charge in [-0.25, -0.2) is 4.98 Å². The van der Waals surface area contributed by atoms with E-state index in [-0.39, 0.29) is 40.0 Å². The molecule has 2 N–H and O–H groups in total. The van der Waals surface area contributed by atoms with Crippen LogP contribution in [0.1, 0.15) is 31.0 Å². The first kappa shape index (κ1) is 23.1. The largest absolute Gasteiger partial charge is 0.497 e. The minimum Gasteiger partial charge on any atom is -0.497 e. The Labute approximate surface area is 190 Å². The second-order valence-corrected chi connectivity index (χ2v) is 8.39. The molecule has 7 nitrogen and oxygen atoms in total. The van der Waals surface area contributed by atoms with Crippen molar-refractivity contribution in [3.63, 3.8) is 0 Å². The first-order valence-corrected chi connectivity index (χ1v) is 11.1. The maximum absolute atomic E-state index is 12.6. The molecule has 0 saturated carbocycles. The molecule has 0 radical (unpaired) electrons. The third-order valence-corrected chi connectivity index (χ3v) is 5.73. The Hall–Kier alpha value is -3.57. The zero-order valence-electron chi connectivity index (χ0n) is 18.1. The molecule has 0 fully saturated rings. The minimum atomic E-state index is -0.541. The van der Waals surface area contributed by atoms with Crippen molar-refractivity contribution in [1.29, 1.82) is 5.26 Å². The number of nitrogens with zero attached hydrogens (tertiary/aromatic N) is 2. The molecule has 2 aromatic carbocycles. The SMILES string of the molecule is COc1ccc(-c2nc(SCC(=O)NC(c3ccccc3)C(C)C)[nH]c(=O)c2C#N)cc1. The number of nitriles is 1. The van der Waals surface area contributed by atoms with Crippen LogP contribution >= 0.6 is 11.8 Å². The first-order chi connectivity index (χ1) is 15.4. The van der Waals surface area contributed by atoms with Gasteiger partial charge < -0.3 is 15.0 Å². The van der Waals surface area contributed by atoms with E-state index in [1.54, 1.807) is 31.4 Å². The van der Waals surface area contributed by atoms with E-state index in [4.69, 9.17) is 4.74 Å². The van der Waals surface area contributed by atoms with E-state index in [0.29, 0.717) is 11.3 Å². The van der Waals surface area contributed by atoms with Crippen molar-refractivity contribution in [3.05, 3.63) is 76.1 Å². The van der Waals surface area contributed by atoms with Gasteiger partial charge in [-0.05, 0) is 35.7 Å². The fourth-order valence-corrected chi connectivity index (χ4v) is 3.90. The van der Waals surface area contributed by atoms with Crippen LogP contribution in [0.3, 0.4) is 0 Å². The van der Waals surface area contributed by atoms with Crippen molar-refractivity contribution in [1.82, 2.24) is 15.3 Å². The summed E-state index contributed by atoms with van der Waals surface area (Å²) in [6.45, 7) is 4.09. The summed E-state index contributed by atoms with van der Waals surface area (Å²) in [5.41, 5.74) is 1.30. The number of carbonyl (C=O) groups excluding carboxylic acids is 1. The summed E-state index contributed by atoms with van der Waals surface area (Å²) < 4.78 is 5.15. The van der Waals surface area contributed by atoms with E-state index in [9.17, 15) is 14.9 Å². The monoisotopic (exact) mass is 448 g/mol. The van der Waals surface area contributed by atoms with Crippen molar-refractivity contribution < 1.29 is 9.53 Å². The number of benzene rings is 2. The number of hydrogen-bond donors (Lipinski definition) is 2. The van der Waals surface area contributed by atoms with Gasteiger partial charge in [-0.3, -0.25) is 9.59 Å². The second-order valence-electron chi connectivity index (χ2n) is 7.42. The Bertz CT molecular complexity index is 1170. The van der Waals surface area contributed by atoms with Crippen LogP contribution in [0.4, 0.5) is 0 Å². The molecule has 1 heterocycles. The van der Waals surface area contributed by atoms with Gasteiger partial charge in [0.25, 0.3) is 5.56 Å². The quantitative estimate of drug-likeness (QED) is 0.399. The molecule has 32 heavy (non-hydrogen) atoms. The molecule has 0 spiro atoms. The summed E-state index contributed by atoms with van der Waals surface area (Å²) >= 11 is 1.11. The fourth-order valence-electron chi connectivity index (χ4n) is 3.23. The highest BCUT2D eigenvalue weighted by Crippen LogP contribution is 2.25. The third kappa shape index (κ3) is 5.56. The van der Waals surface area contributed by atoms with Crippen LogP contribution in [0.25, 0.3) is 11.3 Å². The highest BCUT2D eigenvalue weighted by molar-refractivity contribution is 7.99. The van der Waals surface area contributed by atoms with E-state index in [1.807, 2.05) is 50.2 Å². The van der Waals surface area contributed by atoms with E-state index in [0.717, 1.165) is 17.3 Å². The Kier molecular flexibility index (Phi) is 7.68. The van der Waals surface area contributed by atoms with Gasteiger partial charge in [0.1, 0.15) is 17.4 Å². The van der Waals surface area contributed by atoms with Crippen molar-refractivity contribution in [2.45, 2.75) is 25.0 Å². The third-order valence-electron chi connectivity index (χ3n) is 4.85. The number of aromatic amines is 1. The smallest absolute Gasteiger partial charge is 0.270 e. The van der Waals surface area contributed by atoms with Gasteiger partial charge in [0, 0.05) is 5.56 Å². The molecule has 0 aliphatic heterocycles. The van der Waals surface area contributed by atoms with Crippen LogP contribution in [0.15, 0.2) is 64.5 Å². The van der Waals surface area contributed by atoms with Gasteiger partial charge in [-0.2, -0.15) is 5.26 Å². The molecule has 0 bridgehead atoms. The van der Waals surface area contributed by atoms with Gasteiger partial charge in [-0.1, -0.05) is 55.9 Å². The molecule has 0 aliphatic rings. The average Bonchev–Trinajstić information content (AvgIpc) is 2.81. The number of rotatable bonds is 8. The number of aromatic nitrogens is 2. The Morgan fingerprint density at radius 2 is 1.88 bits per heavy atom. The molecular formula is C24H24N4O3S. The van der Waals surface area contributed by atoms with Crippen molar-refractivity contribution in [3.8, 4) is 23.1 Å². The molecule has 1 unspecified atom stereocenters. The minimum absolute atomic E-state index is 0.0760.